The molecular formula is C17H18N2O4. The van der Waals surface area contributed by atoms with Crippen molar-refractivity contribution in [3.63, 3.8) is 0 Å². The molecule has 2 unspecified atom stereocenters. The maximum Gasteiger partial charge on any atom is 0.253 e. The van der Waals surface area contributed by atoms with Crippen LogP contribution in [0.1, 0.15) is 19.3 Å². The van der Waals surface area contributed by atoms with E-state index in [4.69, 9.17) is 0 Å². The first kappa shape index (κ1) is 14.4. The van der Waals surface area contributed by atoms with Crippen molar-refractivity contribution in [3.8, 4) is 0 Å². The number of hydrogen-bond donors (Lipinski definition) is 0. The predicted molar refractivity (Wildman–Crippen MR) is 79.5 cm³/mol. The molecule has 120 valence electrons. The Kier molecular flexibility index (Phi) is 3.21. The van der Waals surface area contributed by atoms with Gasteiger partial charge in [-0.2, -0.15) is 0 Å². The van der Waals surface area contributed by atoms with Crippen LogP contribution < -0.4 is 0 Å². The zero-order chi connectivity index (χ0) is 16.1. The summed E-state index contributed by atoms with van der Waals surface area (Å²) >= 11 is 0. The topological polar surface area (TPSA) is 74.8 Å². The summed E-state index contributed by atoms with van der Waals surface area (Å²) in [6.07, 6.45) is 8.40. The van der Waals surface area contributed by atoms with Gasteiger partial charge in [-0.25, -0.2) is 0 Å². The average Bonchev–Trinajstić information content (AvgIpc) is 3.25. The molecule has 4 aliphatic rings. The van der Waals surface area contributed by atoms with E-state index >= 15 is 0 Å². The molecule has 23 heavy (non-hydrogen) atoms. The number of amides is 4. The molecule has 2 aliphatic heterocycles. The van der Waals surface area contributed by atoms with Crippen molar-refractivity contribution in [1.82, 2.24) is 9.80 Å². The van der Waals surface area contributed by atoms with Crippen LogP contribution in [-0.2, 0) is 19.2 Å². The normalized spacial score (nSPS) is 35.5. The largest absolute Gasteiger partial charge is 0.275 e. The highest BCUT2D eigenvalue weighted by Crippen LogP contribution is 2.52. The molecule has 2 bridgehead atoms. The highest BCUT2D eigenvalue weighted by atomic mass is 16.2. The van der Waals surface area contributed by atoms with Gasteiger partial charge in [0.15, 0.2) is 0 Å². The van der Waals surface area contributed by atoms with E-state index in [-0.39, 0.29) is 35.5 Å². The third-order valence-corrected chi connectivity index (χ3v) is 5.72. The van der Waals surface area contributed by atoms with Crippen LogP contribution in [0.2, 0.25) is 0 Å². The predicted octanol–water partition coefficient (Wildman–Crippen LogP) is 0.499. The molecular weight excluding hydrogens is 296 g/mol. The van der Waals surface area contributed by atoms with Gasteiger partial charge in [-0.3, -0.25) is 29.0 Å². The minimum Gasteiger partial charge on any atom is -0.275 e. The number of rotatable bonds is 4. The zero-order valence-corrected chi connectivity index (χ0v) is 12.7. The lowest BCUT2D eigenvalue weighted by Gasteiger charge is -2.33. The molecule has 0 spiro atoms. The quantitative estimate of drug-likeness (QED) is 0.708. The average molecular weight is 314 g/mol. The lowest BCUT2D eigenvalue weighted by molar-refractivity contribution is -0.138. The summed E-state index contributed by atoms with van der Waals surface area (Å²) < 4.78 is 0. The molecule has 2 aliphatic carbocycles. The minimum absolute atomic E-state index is 0.233. The summed E-state index contributed by atoms with van der Waals surface area (Å²) in [6, 6.07) is 0. The Morgan fingerprint density at radius 2 is 1.09 bits per heavy atom. The first-order valence-corrected chi connectivity index (χ1v) is 8.10. The first-order chi connectivity index (χ1) is 11.0. The van der Waals surface area contributed by atoms with Crippen molar-refractivity contribution in [2.75, 3.05) is 13.1 Å². The fraction of sp³-hybridized carbons (Fsp3) is 0.529. The fourth-order valence-electron chi connectivity index (χ4n) is 4.76. The molecule has 0 radical (unpaired) electrons. The van der Waals surface area contributed by atoms with Gasteiger partial charge in [0, 0.05) is 37.4 Å². The molecule has 0 aromatic heterocycles. The Hall–Kier alpha value is -2.24. The SMILES string of the molecule is O=C1C=CC(=O)N1CC1CC2CC(CN3C(=O)C=CC3=O)C1C2. The third kappa shape index (κ3) is 2.33. The highest BCUT2D eigenvalue weighted by Gasteiger charge is 2.48. The van der Waals surface area contributed by atoms with E-state index in [1.807, 2.05) is 0 Å². The summed E-state index contributed by atoms with van der Waals surface area (Å²) in [5.74, 6) is 0.595. The van der Waals surface area contributed by atoms with Crippen molar-refractivity contribution in [2.45, 2.75) is 19.3 Å². The Morgan fingerprint density at radius 3 is 1.43 bits per heavy atom. The molecule has 0 N–H and O–H groups in total. The van der Waals surface area contributed by atoms with Gasteiger partial charge in [-0.1, -0.05) is 0 Å². The van der Waals surface area contributed by atoms with E-state index in [9.17, 15) is 19.2 Å². The van der Waals surface area contributed by atoms with Crippen LogP contribution in [0.25, 0.3) is 0 Å². The van der Waals surface area contributed by atoms with Crippen LogP contribution >= 0.6 is 0 Å². The minimum atomic E-state index is -0.233. The molecule has 6 heteroatoms. The van der Waals surface area contributed by atoms with Gasteiger partial charge in [0.05, 0.1) is 0 Å². The van der Waals surface area contributed by atoms with Crippen LogP contribution in [0.5, 0.6) is 0 Å². The highest BCUT2D eigenvalue weighted by molar-refractivity contribution is 6.13. The van der Waals surface area contributed by atoms with Gasteiger partial charge in [0.25, 0.3) is 23.6 Å². The van der Waals surface area contributed by atoms with E-state index < -0.39 is 0 Å². The first-order valence-electron chi connectivity index (χ1n) is 8.10. The summed E-state index contributed by atoms with van der Waals surface area (Å²) in [6.45, 7) is 0.922. The Balaban J connectivity index is 1.42. The van der Waals surface area contributed by atoms with Crippen molar-refractivity contribution in [3.05, 3.63) is 24.3 Å². The maximum atomic E-state index is 11.7. The summed E-state index contributed by atoms with van der Waals surface area (Å²) in [7, 11) is 0. The molecule has 6 nitrogen and oxygen atoms in total. The van der Waals surface area contributed by atoms with Gasteiger partial charge in [0.1, 0.15) is 0 Å². The van der Waals surface area contributed by atoms with Crippen molar-refractivity contribution in [1.29, 1.82) is 0 Å². The van der Waals surface area contributed by atoms with Crippen LogP contribution in [0.3, 0.4) is 0 Å². The number of nitrogens with zero attached hydrogens (tertiary/aromatic N) is 2. The van der Waals surface area contributed by atoms with E-state index in [1.165, 1.54) is 34.1 Å². The van der Waals surface area contributed by atoms with E-state index in [0.717, 1.165) is 19.3 Å². The monoisotopic (exact) mass is 314 g/mol. The van der Waals surface area contributed by atoms with Crippen molar-refractivity contribution in [2.24, 2.45) is 23.7 Å². The van der Waals surface area contributed by atoms with Gasteiger partial charge >= 0.3 is 0 Å². The van der Waals surface area contributed by atoms with E-state index in [1.54, 1.807) is 0 Å². The number of fused-ring (bicyclic) bond motifs is 2. The summed E-state index contributed by atoms with van der Waals surface area (Å²) in [5.41, 5.74) is 0. The molecule has 4 rings (SSSR count). The van der Waals surface area contributed by atoms with Gasteiger partial charge < -0.3 is 0 Å². The van der Waals surface area contributed by atoms with Crippen LogP contribution in [0, 0.1) is 23.7 Å². The second-order valence-electron chi connectivity index (χ2n) is 7.00. The van der Waals surface area contributed by atoms with Crippen LogP contribution in [-0.4, -0.2) is 46.5 Å². The smallest absolute Gasteiger partial charge is 0.253 e. The Morgan fingerprint density at radius 1 is 0.696 bits per heavy atom. The van der Waals surface area contributed by atoms with Crippen molar-refractivity contribution >= 4 is 23.6 Å². The second-order valence-corrected chi connectivity index (χ2v) is 7.00. The Labute approximate surface area is 133 Å². The zero-order valence-electron chi connectivity index (χ0n) is 12.7. The fourth-order valence-corrected chi connectivity index (χ4v) is 4.76. The molecule has 2 heterocycles. The third-order valence-electron chi connectivity index (χ3n) is 5.72. The van der Waals surface area contributed by atoms with E-state index in [2.05, 4.69) is 0 Å². The molecule has 2 saturated carbocycles. The van der Waals surface area contributed by atoms with Gasteiger partial charge in [0.2, 0.25) is 0 Å². The lowest BCUT2D eigenvalue weighted by atomic mass is 9.80. The summed E-state index contributed by atoms with van der Waals surface area (Å²) in [4.78, 5) is 49.6. The van der Waals surface area contributed by atoms with Crippen LogP contribution in [0.4, 0.5) is 0 Å². The van der Waals surface area contributed by atoms with Crippen molar-refractivity contribution < 1.29 is 19.2 Å². The molecule has 2 fully saturated rings. The molecule has 0 saturated heterocycles. The Bertz CT molecular complexity index is 576. The molecule has 2 atom stereocenters. The van der Waals surface area contributed by atoms with Gasteiger partial charge in [-0.15, -0.1) is 0 Å². The molecule has 0 aromatic carbocycles. The molecule has 4 amide bonds. The van der Waals surface area contributed by atoms with Gasteiger partial charge in [-0.05, 0) is 42.9 Å². The van der Waals surface area contributed by atoms with Crippen LogP contribution in [0.15, 0.2) is 24.3 Å². The number of carbonyl (C=O) groups is 4. The standard InChI is InChI=1S/C17H18N2O4/c20-14-1-2-15(21)18(14)8-11-5-10-6-12(13(11)7-10)9-19-16(22)3-4-17(19)23/h1-4,10-13H,5-9H2. The number of carbonyl (C=O) groups excluding carboxylic acids is 4. The summed E-state index contributed by atoms with van der Waals surface area (Å²) in [5, 5.41) is 0. The number of hydrogen-bond acceptors (Lipinski definition) is 4. The number of imide groups is 2. The second kappa shape index (κ2) is 5.15. The lowest BCUT2D eigenvalue weighted by Crippen LogP contribution is -2.41. The molecule has 0 aromatic rings. The van der Waals surface area contributed by atoms with E-state index in [0.29, 0.717) is 24.9 Å². The maximum absolute atomic E-state index is 11.7.